The number of esters is 1. The fourth-order valence-electron chi connectivity index (χ4n) is 3.30. The highest BCUT2D eigenvalue weighted by atomic mass is 32.2. The molecular weight excluding hydrogens is 435 g/mol. The molecule has 2 aromatic carbocycles. The van der Waals surface area contributed by atoms with Gasteiger partial charge in [-0.1, -0.05) is 0 Å². The van der Waals surface area contributed by atoms with Crippen molar-refractivity contribution < 1.29 is 35.9 Å². The molecule has 0 aliphatic carbocycles. The van der Waals surface area contributed by atoms with E-state index in [1.54, 1.807) is 0 Å². The molecule has 31 heavy (non-hydrogen) atoms. The Labute approximate surface area is 177 Å². The minimum atomic E-state index is -3.81. The summed E-state index contributed by atoms with van der Waals surface area (Å²) in [6.45, 7) is 1.45. The third kappa shape index (κ3) is 5.13. The minimum absolute atomic E-state index is 0.0410. The molecule has 1 saturated heterocycles. The number of hydrogen-bond donors (Lipinski definition) is 0. The molecule has 10 heteroatoms. The molecule has 1 aliphatic heterocycles. The lowest BCUT2D eigenvalue weighted by Gasteiger charge is -2.30. The highest BCUT2D eigenvalue weighted by molar-refractivity contribution is 7.89. The Morgan fingerprint density at radius 2 is 1.61 bits per heavy atom. The predicted molar refractivity (Wildman–Crippen MR) is 104 cm³/mol. The maximum absolute atomic E-state index is 13.3. The van der Waals surface area contributed by atoms with Gasteiger partial charge in [-0.05, 0) is 62.2 Å². The zero-order chi connectivity index (χ0) is 22.8. The van der Waals surface area contributed by atoms with E-state index in [1.165, 1.54) is 23.4 Å². The fourth-order valence-corrected chi connectivity index (χ4v) is 4.77. The summed E-state index contributed by atoms with van der Waals surface area (Å²) in [5.41, 5.74) is -0.126. The third-order valence-corrected chi connectivity index (χ3v) is 7.02. The van der Waals surface area contributed by atoms with Crippen LogP contribution in [-0.2, 0) is 19.6 Å². The van der Waals surface area contributed by atoms with Crippen molar-refractivity contribution in [1.82, 2.24) is 4.31 Å². The molecule has 1 heterocycles. The topological polar surface area (TPSA) is 80.8 Å². The second-order valence-corrected chi connectivity index (χ2v) is 9.14. The third-order valence-electron chi connectivity index (χ3n) is 5.10. The van der Waals surface area contributed by atoms with Crippen molar-refractivity contribution in [3.8, 4) is 0 Å². The molecular formula is C21H20F3NO5S. The number of Topliss-reactive ketones (excluding diaryl/α,β-unsaturated/α-hetero) is 1. The molecule has 0 amide bonds. The van der Waals surface area contributed by atoms with E-state index < -0.39 is 51.2 Å². The van der Waals surface area contributed by atoms with E-state index in [0.29, 0.717) is 0 Å². The molecule has 2 aromatic rings. The normalized spacial score (nSPS) is 16.6. The first-order chi connectivity index (χ1) is 14.6. The van der Waals surface area contributed by atoms with Crippen LogP contribution in [0.5, 0.6) is 0 Å². The fraction of sp³-hybridized carbons (Fsp3) is 0.333. The standard InChI is InChI=1S/C21H20F3NO5S/c1-13(20(26)15-2-7-18(23)19(24)12-15)30-21(27)14-8-10-25(11-9-14)31(28,29)17-5-3-16(22)4-6-17/h2-7,12-14H,8-11H2,1H3. The highest BCUT2D eigenvalue weighted by Crippen LogP contribution is 2.25. The van der Waals surface area contributed by atoms with Crippen molar-refractivity contribution >= 4 is 21.8 Å². The van der Waals surface area contributed by atoms with Crippen LogP contribution in [0, 0.1) is 23.4 Å². The first-order valence-electron chi connectivity index (χ1n) is 9.55. The zero-order valence-corrected chi connectivity index (χ0v) is 17.4. The van der Waals surface area contributed by atoms with E-state index >= 15 is 0 Å². The van der Waals surface area contributed by atoms with E-state index in [0.717, 1.165) is 30.3 Å². The van der Waals surface area contributed by atoms with Crippen molar-refractivity contribution in [2.75, 3.05) is 13.1 Å². The van der Waals surface area contributed by atoms with Crippen LogP contribution in [0.4, 0.5) is 13.2 Å². The Bertz CT molecular complexity index is 1080. The van der Waals surface area contributed by atoms with Gasteiger partial charge < -0.3 is 4.74 Å². The molecule has 0 bridgehead atoms. The molecule has 0 N–H and O–H groups in total. The van der Waals surface area contributed by atoms with Gasteiger partial charge in [0.1, 0.15) is 5.82 Å². The summed E-state index contributed by atoms with van der Waals surface area (Å²) in [6.07, 6.45) is -0.838. The molecule has 1 atom stereocenters. The second-order valence-electron chi connectivity index (χ2n) is 7.20. The Hall–Kier alpha value is -2.72. The summed E-state index contributed by atoms with van der Waals surface area (Å²) >= 11 is 0. The van der Waals surface area contributed by atoms with Crippen molar-refractivity contribution in [3.63, 3.8) is 0 Å². The molecule has 1 aliphatic rings. The number of benzene rings is 2. The number of carbonyl (C=O) groups is 2. The zero-order valence-electron chi connectivity index (χ0n) is 16.6. The molecule has 1 unspecified atom stereocenters. The monoisotopic (exact) mass is 455 g/mol. The highest BCUT2D eigenvalue weighted by Gasteiger charge is 2.34. The Morgan fingerprint density at radius 1 is 1.00 bits per heavy atom. The van der Waals surface area contributed by atoms with Gasteiger partial charge in [0.15, 0.2) is 17.7 Å². The second kappa shape index (κ2) is 9.19. The summed E-state index contributed by atoms with van der Waals surface area (Å²) in [5.74, 6) is -4.78. The number of carbonyl (C=O) groups excluding carboxylic acids is 2. The van der Waals surface area contributed by atoms with Crippen LogP contribution in [0.15, 0.2) is 47.4 Å². The molecule has 0 aromatic heterocycles. The summed E-state index contributed by atoms with van der Waals surface area (Å²) in [5, 5.41) is 0. The first-order valence-corrected chi connectivity index (χ1v) is 11.0. The van der Waals surface area contributed by atoms with Gasteiger partial charge >= 0.3 is 5.97 Å². The smallest absolute Gasteiger partial charge is 0.309 e. The summed E-state index contributed by atoms with van der Waals surface area (Å²) in [6, 6.07) is 7.12. The van der Waals surface area contributed by atoms with Gasteiger partial charge in [0.2, 0.25) is 15.8 Å². The molecule has 1 fully saturated rings. The van der Waals surface area contributed by atoms with Crippen LogP contribution >= 0.6 is 0 Å². The van der Waals surface area contributed by atoms with Crippen LogP contribution in [0.1, 0.15) is 30.1 Å². The van der Waals surface area contributed by atoms with Crippen LogP contribution in [0.3, 0.4) is 0 Å². The van der Waals surface area contributed by atoms with E-state index in [9.17, 15) is 31.2 Å². The van der Waals surface area contributed by atoms with Crippen LogP contribution in [0.25, 0.3) is 0 Å². The van der Waals surface area contributed by atoms with Crippen LogP contribution in [0.2, 0.25) is 0 Å². The number of ether oxygens (including phenoxy) is 1. The minimum Gasteiger partial charge on any atom is -0.454 e. The van der Waals surface area contributed by atoms with Gasteiger partial charge in [0.05, 0.1) is 10.8 Å². The van der Waals surface area contributed by atoms with Gasteiger partial charge in [-0.15, -0.1) is 0 Å². The van der Waals surface area contributed by atoms with Gasteiger partial charge in [-0.2, -0.15) is 4.31 Å². The lowest BCUT2D eigenvalue weighted by atomic mass is 9.98. The Balaban J connectivity index is 1.57. The maximum atomic E-state index is 13.3. The molecule has 0 saturated carbocycles. The first kappa shape index (κ1) is 23.0. The lowest BCUT2D eigenvalue weighted by Crippen LogP contribution is -2.41. The maximum Gasteiger partial charge on any atom is 0.309 e. The summed E-state index contributed by atoms with van der Waals surface area (Å²) in [7, 11) is -3.81. The Kier molecular flexibility index (Phi) is 6.80. The van der Waals surface area contributed by atoms with Crippen molar-refractivity contribution in [2.24, 2.45) is 5.92 Å². The number of halogens is 3. The number of hydrogen-bond acceptors (Lipinski definition) is 5. The quantitative estimate of drug-likeness (QED) is 0.493. The van der Waals surface area contributed by atoms with Crippen LogP contribution in [-0.4, -0.2) is 43.7 Å². The average molecular weight is 455 g/mol. The van der Waals surface area contributed by atoms with Crippen LogP contribution < -0.4 is 0 Å². The number of piperidine rings is 1. The largest absolute Gasteiger partial charge is 0.454 e. The SMILES string of the molecule is CC(OC(=O)C1CCN(S(=O)(=O)c2ccc(F)cc2)CC1)C(=O)c1ccc(F)c(F)c1. The van der Waals surface area contributed by atoms with Gasteiger partial charge in [0, 0.05) is 18.7 Å². The number of ketones is 1. The molecule has 0 spiro atoms. The average Bonchev–Trinajstić information content (AvgIpc) is 2.75. The molecule has 166 valence electrons. The number of nitrogens with zero attached hydrogens (tertiary/aromatic N) is 1. The molecule has 0 radical (unpaired) electrons. The number of sulfonamides is 1. The number of rotatable bonds is 6. The van der Waals surface area contributed by atoms with E-state index in [4.69, 9.17) is 4.74 Å². The molecule has 6 nitrogen and oxygen atoms in total. The summed E-state index contributed by atoms with van der Waals surface area (Å²) in [4.78, 5) is 24.7. The van der Waals surface area contributed by atoms with Gasteiger partial charge in [-0.25, -0.2) is 21.6 Å². The molecule has 3 rings (SSSR count). The van der Waals surface area contributed by atoms with Gasteiger partial charge in [-0.3, -0.25) is 9.59 Å². The lowest BCUT2D eigenvalue weighted by molar-refractivity contribution is -0.152. The predicted octanol–water partition coefficient (Wildman–Crippen LogP) is 3.32. The Morgan fingerprint density at radius 3 is 2.19 bits per heavy atom. The van der Waals surface area contributed by atoms with Gasteiger partial charge in [0.25, 0.3) is 0 Å². The van der Waals surface area contributed by atoms with E-state index in [-0.39, 0.29) is 36.4 Å². The summed E-state index contributed by atoms with van der Waals surface area (Å²) < 4.78 is 71.1. The van der Waals surface area contributed by atoms with Crippen molar-refractivity contribution in [1.29, 1.82) is 0 Å². The van der Waals surface area contributed by atoms with E-state index in [1.807, 2.05) is 0 Å². The van der Waals surface area contributed by atoms with E-state index in [2.05, 4.69) is 0 Å². The van der Waals surface area contributed by atoms with Crippen molar-refractivity contribution in [2.45, 2.75) is 30.8 Å². The van der Waals surface area contributed by atoms with Crippen molar-refractivity contribution in [3.05, 3.63) is 65.5 Å².